The first-order valence-electron chi connectivity index (χ1n) is 5.14. The zero-order valence-electron chi connectivity index (χ0n) is 9.73. The fourth-order valence-corrected chi connectivity index (χ4v) is 1.21. The van der Waals surface area contributed by atoms with Gasteiger partial charge in [0.1, 0.15) is 0 Å². The van der Waals surface area contributed by atoms with E-state index in [0.29, 0.717) is 0 Å². The van der Waals surface area contributed by atoms with Crippen LogP contribution < -0.4 is 0 Å². The van der Waals surface area contributed by atoms with Crippen LogP contribution in [0.1, 0.15) is 33.6 Å². The van der Waals surface area contributed by atoms with E-state index in [4.69, 9.17) is 9.47 Å². The summed E-state index contributed by atoms with van der Waals surface area (Å²) in [6.45, 7) is 8.71. The molecule has 0 aliphatic rings. The van der Waals surface area contributed by atoms with E-state index in [1.54, 1.807) is 13.0 Å². The van der Waals surface area contributed by atoms with Crippen LogP contribution in [0.25, 0.3) is 0 Å². The van der Waals surface area contributed by atoms with E-state index in [1.807, 2.05) is 19.1 Å². The lowest BCUT2D eigenvalue weighted by Gasteiger charge is -2.19. The molecular formula is C12H20O3. The van der Waals surface area contributed by atoms with E-state index in [9.17, 15) is 4.79 Å². The minimum atomic E-state index is -0.502. The Morgan fingerprint density at radius 1 is 1.47 bits per heavy atom. The number of ether oxygens (including phenoxy) is 2. The lowest BCUT2D eigenvalue weighted by Crippen LogP contribution is -2.23. The van der Waals surface area contributed by atoms with Crippen molar-refractivity contribution in [3.8, 4) is 0 Å². The van der Waals surface area contributed by atoms with Crippen molar-refractivity contribution in [3.05, 3.63) is 24.8 Å². The standard InChI is InChI=1S/C12H20O3/c1-5-7-9-12(8-6-2)15-11(4)14-10(3)13/h5-7,11-12H,2,8-9H2,1,3-4H3/b7-5-. The molecule has 0 saturated carbocycles. The Morgan fingerprint density at radius 2 is 2.13 bits per heavy atom. The van der Waals surface area contributed by atoms with Crippen molar-refractivity contribution >= 4 is 5.97 Å². The summed E-state index contributed by atoms with van der Waals surface area (Å²) in [7, 11) is 0. The molecule has 0 rings (SSSR count). The first kappa shape index (κ1) is 13.9. The predicted molar refractivity (Wildman–Crippen MR) is 60.3 cm³/mol. The Labute approximate surface area is 91.8 Å². The number of carbonyl (C=O) groups is 1. The normalized spacial score (nSPS) is 14.9. The molecule has 0 aliphatic heterocycles. The van der Waals surface area contributed by atoms with Gasteiger partial charge in [-0.3, -0.25) is 4.79 Å². The van der Waals surface area contributed by atoms with E-state index >= 15 is 0 Å². The zero-order chi connectivity index (χ0) is 11.7. The summed E-state index contributed by atoms with van der Waals surface area (Å²) in [6, 6.07) is 0. The van der Waals surface area contributed by atoms with Crippen molar-refractivity contribution in [2.24, 2.45) is 0 Å². The molecule has 15 heavy (non-hydrogen) atoms. The lowest BCUT2D eigenvalue weighted by atomic mass is 10.2. The van der Waals surface area contributed by atoms with Gasteiger partial charge in [0.05, 0.1) is 6.10 Å². The molecule has 0 spiro atoms. The van der Waals surface area contributed by atoms with Gasteiger partial charge in [-0.1, -0.05) is 18.2 Å². The van der Waals surface area contributed by atoms with Gasteiger partial charge in [-0.15, -0.1) is 6.58 Å². The summed E-state index contributed by atoms with van der Waals surface area (Å²) in [6.07, 6.45) is 6.86. The third-order valence-corrected chi connectivity index (χ3v) is 1.78. The van der Waals surface area contributed by atoms with Crippen LogP contribution in [0.3, 0.4) is 0 Å². The first-order chi connectivity index (χ1) is 7.10. The highest BCUT2D eigenvalue weighted by Crippen LogP contribution is 2.10. The number of esters is 1. The molecule has 0 aliphatic carbocycles. The molecule has 0 aromatic carbocycles. The summed E-state index contributed by atoms with van der Waals surface area (Å²) in [5.41, 5.74) is 0. The maximum atomic E-state index is 10.7. The average Bonchev–Trinajstić information content (AvgIpc) is 2.13. The van der Waals surface area contributed by atoms with Crippen LogP contribution in [0.4, 0.5) is 0 Å². The van der Waals surface area contributed by atoms with E-state index < -0.39 is 6.29 Å². The molecule has 0 bridgehead atoms. The highest BCUT2D eigenvalue weighted by Gasteiger charge is 2.12. The highest BCUT2D eigenvalue weighted by atomic mass is 16.7. The molecule has 3 nitrogen and oxygen atoms in total. The van der Waals surface area contributed by atoms with Crippen LogP contribution in [-0.2, 0) is 14.3 Å². The number of rotatable bonds is 7. The molecule has 2 unspecified atom stereocenters. The Hall–Kier alpha value is -1.09. The molecule has 0 aromatic rings. The van der Waals surface area contributed by atoms with E-state index in [1.165, 1.54) is 6.92 Å². The fraction of sp³-hybridized carbons (Fsp3) is 0.583. The lowest BCUT2D eigenvalue weighted by molar-refractivity contribution is -0.181. The molecule has 0 fully saturated rings. The largest absolute Gasteiger partial charge is 0.436 e. The van der Waals surface area contributed by atoms with Gasteiger partial charge in [0.15, 0.2) is 6.29 Å². The Kier molecular flexibility index (Phi) is 7.64. The monoisotopic (exact) mass is 212 g/mol. The molecule has 3 heteroatoms. The Balaban J connectivity index is 4.01. The third-order valence-electron chi connectivity index (χ3n) is 1.78. The van der Waals surface area contributed by atoms with Crippen LogP contribution in [-0.4, -0.2) is 18.4 Å². The topological polar surface area (TPSA) is 35.5 Å². The van der Waals surface area contributed by atoms with Crippen LogP contribution in [0.2, 0.25) is 0 Å². The van der Waals surface area contributed by atoms with E-state index in [0.717, 1.165) is 12.8 Å². The molecule has 0 saturated heterocycles. The third kappa shape index (κ3) is 7.94. The van der Waals surface area contributed by atoms with Crippen LogP contribution in [0, 0.1) is 0 Å². The molecule has 0 aromatic heterocycles. The van der Waals surface area contributed by atoms with Gasteiger partial charge in [0.2, 0.25) is 0 Å². The second kappa shape index (κ2) is 8.24. The minimum absolute atomic E-state index is 0.0213. The van der Waals surface area contributed by atoms with Crippen LogP contribution >= 0.6 is 0 Å². The molecule has 0 radical (unpaired) electrons. The summed E-state index contributed by atoms with van der Waals surface area (Å²) in [5, 5.41) is 0. The van der Waals surface area contributed by atoms with Crippen molar-refractivity contribution < 1.29 is 14.3 Å². The van der Waals surface area contributed by atoms with E-state index in [2.05, 4.69) is 6.58 Å². The maximum Gasteiger partial charge on any atom is 0.304 e. The SMILES string of the molecule is C=CCC(C/C=C\C)OC(C)OC(C)=O. The number of carbonyl (C=O) groups excluding carboxylic acids is 1. The van der Waals surface area contributed by atoms with Gasteiger partial charge < -0.3 is 9.47 Å². The van der Waals surface area contributed by atoms with Crippen molar-refractivity contribution in [2.45, 2.75) is 46.0 Å². The van der Waals surface area contributed by atoms with Crippen molar-refractivity contribution in [1.82, 2.24) is 0 Å². The predicted octanol–water partition coefficient (Wildman–Crippen LogP) is 2.82. The van der Waals surface area contributed by atoms with Crippen molar-refractivity contribution in [3.63, 3.8) is 0 Å². The van der Waals surface area contributed by atoms with Gasteiger partial charge in [-0.05, 0) is 26.7 Å². The maximum absolute atomic E-state index is 10.7. The quantitative estimate of drug-likeness (QED) is 0.370. The first-order valence-corrected chi connectivity index (χ1v) is 5.14. The van der Waals surface area contributed by atoms with Gasteiger partial charge in [-0.25, -0.2) is 0 Å². The Bertz CT molecular complexity index is 221. The number of hydrogen-bond donors (Lipinski definition) is 0. The summed E-state index contributed by atoms with van der Waals surface area (Å²) >= 11 is 0. The highest BCUT2D eigenvalue weighted by molar-refractivity contribution is 5.65. The van der Waals surface area contributed by atoms with Gasteiger partial charge >= 0.3 is 5.97 Å². The molecule has 86 valence electrons. The molecule has 0 amide bonds. The fourth-order valence-electron chi connectivity index (χ4n) is 1.21. The molecule has 0 heterocycles. The summed E-state index contributed by atoms with van der Waals surface area (Å²) < 4.78 is 10.4. The molecule has 2 atom stereocenters. The second-order valence-electron chi connectivity index (χ2n) is 3.26. The second-order valence-corrected chi connectivity index (χ2v) is 3.26. The molecular weight excluding hydrogens is 192 g/mol. The minimum Gasteiger partial charge on any atom is -0.436 e. The number of hydrogen-bond acceptors (Lipinski definition) is 3. The van der Waals surface area contributed by atoms with Crippen LogP contribution in [0.5, 0.6) is 0 Å². The Morgan fingerprint density at radius 3 is 2.60 bits per heavy atom. The van der Waals surface area contributed by atoms with Crippen molar-refractivity contribution in [2.75, 3.05) is 0 Å². The number of allylic oxidation sites excluding steroid dienone is 1. The van der Waals surface area contributed by atoms with Gasteiger partial charge in [0.25, 0.3) is 0 Å². The zero-order valence-corrected chi connectivity index (χ0v) is 9.73. The summed E-state index contributed by atoms with van der Waals surface area (Å²) in [4.78, 5) is 10.7. The van der Waals surface area contributed by atoms with E-state index in [-0.39, 0.29) is 12.1 Å². The van der Waals surface area contributed by atoms with Crippen molar-refractivity contribution in [1.29, 1.82) is 0 Å². The summed E-state index contributed by atoms with van der Waals surface area (Å²) in [5.74, 6) is -0.328. The molecule has 0 N–H and O–H groups in total. The smallest absolute Gasteiger partial charge is 0.304 e. The van der Waals surface area contributed by atoms with Crippen LogP contribution in [0.15, 0.2) is 24.8 Å². The van der Waals surface area contributed by atoms with Gasteiger partial charge in [-0.2, -0.15) is 0 Å². The average molecular weight is 212 g/mol. The van der Waals surface area contributed by atoms with Gasteiger partial charge in [0, 0.05) is 6.92 Å².